The zero-order valence-corrected chi connectivity index (χ0v) is 13.6. The van der Waals surface area contributed by atoms with Crippen molar-refractivity contribution in [3.8, 4) is 0 Å². The molecule has 1 aromatic carbocycles. The van der Waals surface area contributed by atoms with Crippen molar-refractivity contribution in [2.24, 2.45) is 0 Å². The molecule has 19 heavy (non-hydrogen) atoms. The molecule has 1 aliphatic heterocycles. The lowest BCUT2D eigenvalue weighted by Crippen LogP contribution is -2.43. The van der Waals surface area contributed by atoms with Crippen LogP contribution < -0.4 is 5.32 Å². The number of halogens is 1. The third-order valence-electron chi connectivity index (χ3n) is 3.64. The van der Waals surface area contributed by atoms with Crippen LogP contribution >= 0.6 is 15.9 Å². The predicted octanol–water partition coefficient (Wildman–Crippen LogP) is 2.13. The van der Waals surface area contributed by atoms with Crippen LogP contribution in [-0.4, -0.2) is 38.9 Å². The molecule has 1 N–H and O–H groups in total. The minimum Gasteiger partial charge on any atom is -0.317 e. The number of aryl methyl sites for hydroxylation is 1. The fraction of sp³-hybridized carbons (Fsp3) is 0.538. The minimum absolute atomic E-state index is 0.371. The summed E-state index contributed by atoms with van der Waals surface area (Å²) in [7, 11) is -1.47. The van der Waals surface area contributed by atoms with Gasteiger partial charge in [-0.25, -0.2) is 8.42 Å². The monoisotopic (exact) mass is 346 g/mol. The number of hydrogen-bond acceptors (Lipinski definition) is 3. The van der Waals surface area contributed by atoms with Crippen LogP contribution in [0, 0.1) is 6.92 Å². The molecule has 1 heterocycles. The van der Waals surface area contributed by atoms with Crippen LogP contribution in [0.15, 0.2) is 27.6 Å². The Morgan fingerprint density at radius 1 is 1.32 bits per heavy atom. The van der Waals surface area contributed by atoms with Crippen LogP contribution in [0.3, 0.4) is 0 Å². The summed E-state index contributed by atoms with van der Waals surface area (Å²) < 4.78 is 27.5. The molecule has 0 amide bonds. The largest absolute Gasteiger partial charge is 0.317 e. The van der Waals surface area contributed by atoms with Gasteiger partial charge in [0, 0.05) is 23.6 Å². The number of sulfonamides is 1. The van der Waals surface area contributed by atoms with Crippen molar-refractivity contribution in [3.05, 3.63) is 28.2 Å². The molecule has 106 valence electrons. The quantitative estimate of drug-likeness (QED) is 0.911. The van der Waals surface area contributed by atoms with E-state index in [1.807, 2.05) is 20.0 Å². The van der Waals surface area contributed by atoms with Gasteiger partial charge >= 0.3 is 0 Å². The van der Waals surface area contributed by atoms with Gasteiger partial charge in [0.1, 0.15) is 0 Å². The average molecular weight is 347 g/mol. The summed E-state index contributed by atoms with van der Waals surface area (Å²) in [5.74, 6) is 0. The molecule has 0 aromatic heterocycles. The Labute approximate surface area is 123 Å². The maximum atomic E-state index is 12.6. The molecule has 0 spiro atoms. The first-order valence-corrected chi connectivity index (χ1v) is 8.62. The molecule has 1 saturated heterocycles. The SMILES string of the molecule is CNC1CCN(S(=O)(=O)c2cccc(C)c2Br)CC1. The molecule has 1 aliphatic rings. The van der Waals surface area contributed by atoms with Crippen molar-refractivity contribution in [1.29, 1.82) is 0 Å². The standard InChI is InChI=1S/C13H19BrN2O2S/c1-10-4-3-5-12(13(10)14)19(17,18)16-8-6-11(15-2)7-9-16/h3-5,11,15H,6-9H2,1-2H3. The molecule has 0 saturated carbocycles. The van der Waals surface area contributed by atoms with Gasteiger partial charge in [0.15, 0.2) is 0 Å². The summed E-state index contributed by atoms with van der Waals surface area (Å²) in [6.07, 6.45) is 1.72. The number of benzene rings is 1. The van der Waals surface area contributed by atoms with Gasteiger partial charge in [0.2, 0.25) is 10.0 Å². The summed E-state index contributed by atoms with van der Waals surface area (Å²) in [5, 5.41) is 3.21. The van der Waals surface area contributed by atoms with Crippen molar-refractivity contribution < 1.29 is 8.42 Å². The Morgan fingerprint density at radius 2 is 1.95 bits per heavy atom. The van der Waals surface area contributed by atoms with E-state index in [9.17, 15) is 8.42 Å². The molecule has 1 aromatic rings. The normalized spacial score (nSPS) is 18.7. The minimum atomic E-state index is -3.39. The summed E-state index contributed by atoms with van der Waals surface area (Å²) >= 11 is 3.39. The summed E-state index contributed by atoms with van der Waals surface area (Å²) in [6, 6.07) is 5.77. The second-order valence-electron chi connectivity index (χ2n) is 4.85. The molecule has 1 fully saturated rings. The maximum Gasteiger partial charge on any atom is 0.244 e. The molecule has 2 rings (SSSR count). The number of nitrogens with zero attached hydrogens (tertiary/aromatic N) is 1. The second kappa shape index (κ2) is 5.91. The van der Waals surface area contributed by atoms with Gasteiger partial charge in [-0.05, 0) is 54.4 Å². The van der Waals surface area contributed by atoms with Gasteiger partial charge in [0.25, 0.3) is 0 Å². The molecule has 0 atom stereocenters. The summed E-state index contributed by atoms with van der Waals surface area (Å²) in [5.41, 5.74) is 0.936. The van der Waals surface area contributed by atoms with Crippen molar-refractivity contribution in [2.75, 3.05) is 20.1 Å². The van der Waals surface area contributed by atoms with Crippen LogP contribution in [0.1, 0.15) is 18.4 Å². The van der Waals surface area contributed by atoms with E-state index in [2.05, 4.69) is 21.2 Å². The Hall–Kier alpha value is -0.430. The highest BCUT2D eigenvalue weighted by Crippen LogP contribution is 2.29. The van der Waals surface area contributed by atoms with Crippen LogP contribution in [0.2, 0.25) is 0 Å². The molecular weight excluding hydrogens is 328 g/mol. The van der Waals surface area contributed by atoms with E-state index in [1.165, 1.54) is 0 Å². The van der Waals surface area contributed by atoms with Gasteiger partial charge in [-0.2, -0.15) is 4.31 Å². The van der Waals surface area contributed by atoms with Crippen LogP contribution in [0.25, 0.3) is 0 Å². The Kier molecular flexibility index (Phi) is 4.66. The molecule has 0 bridgehead atoms. The first-order chi connectivity index (χ1) is 8.96. The smallest absolute Gasteiger partial charge is 0.244 e. The van der Waals surface area contributed by atoms with E-state index in [-0.39, 0.29) is 0 Å². The van der Waals surface area contributed by atoms with E-state index < -0.39 is 10.0 Å². The van der Waals surface area contributed by atoms with E-state index in [4.69, 9.17) is 0 Å². The summed E-state index contributed by atoms with van der Waals surface area (Å²) in [4.78, 5) is 0.371. The highest BCUT2D eigenvalue weighted by atomic mass is 79.9. The van der Waals surface area contributed by atoms with Crippen molar-refractivity contribution >= 4 is 26.0 Å². The van der Waals surface area contributed by atoms with Gasteiger partial charge < -0.3 is 5.32 Å². The Morgan fingerprint density at radius 3 is 2.53 bits per heavy atom. The van der Waals surface area contributed by atoms with Crippen LogP contribution in [0.4, 0.5) is 0 Å². The third kappa shape index (κ3) is 3.02. The fourth-order valence-electron chi connectivity index (χ4n) is 2.34. The molecule has 6 heteroatoms. The zero-order valence-electron chi connectivity index (χ0n) is 11.2. The van der Waals surface area contributed by atoms with Crippen molar-refractivity contribution in [3.63, 3.8) is 0 Å². The molecular formula is C13H19BrN2O2S. The van der Waals surface area contributed by atoms with E-state index in [1.54, 1.807) is 16.4 Å². The van der Waals surface area contributed by atoms with Crippen LogP contribution in [0.5, 0.6) is 0 Å². The van der Waals surface area contributed by atoms with Crippen molar-refractivity contribution in [2.45, 2.75) is 30.7 Å². The Bertz CT molecular complexity index is 552. The van der Waals surface area contributed by atoms with Gasteiger partial charge in [-0.3, -0.25) is 0 Å². The second-order valence-corrected chi connectivity index (χ2v) is 7.55. The molecule has 0 unspecified atom stereocenters. The average Bonchev–Trinajstić information content (AvgIpc) is 2.41. The first kappa shape index (κ1) is 15.0. The highest BCUT2D eigenvalue weighted by Gasteiger charge is 2.30. The Balaban J connectivity index is 2.26. The summed E-state index contributed by atoms with van der Waals surface area (Å²) in [6.45, 7) is 3.05. The topological polar surface area (TPSA) is 49.4 Å². The third-order valence-corrected chi connectivity index (χ3v) is 6.89. The number of piperidine rings is 1. The zero-order chi connectivity index (χ0) is 14.0. The lowest BCUT2D eigenvalue weighted by atomic mass is 10.1. The first-order valence-electron chi connectivity index (χ1n) is 6.39. The van der Waals surface area contributed by atoms with Crippen molar-refractivity contribution in [1.82, 2.24) is 9.62 Å². The number of nitrogens with one attached hydrogen (secondary N) is 1. The van der Waals surface area contributed by atoms with E-state index in [0.29, 0.717) is 28.5 Å². The van der Waals surface area contributed by atoms with Gasteiger partial charge in [0.05, 0.1) is 4.90 Å². The van der Waals surface area contributed by atoms with Crippen LogP contribution in [-0.2, 0) is 10.0 Å². The van der Waals surface area contributed by atoms with E-state index >= 15 is 0 Å². The highest BCUT2D eigenvalue weighted by molar-refractivity contribution is 9.10. The fourth-order valence-corrected chi connectivity index (χ4v) is 4.83. The number of rotatable bonds is 3. The number of hydrogen-bond donors (Lipinski definition) is 1. The maximum absolute atomic E-state index is 12.6. The molecule has 0 aliphatic carbocycles. The lowest BCUT2D eigenvalue weighted by Gasteiger charge is -2.31. The van der Waals surface area contributed by atoms with Gasteiger partial charge in [-0.1, -0.05) is 12.1 Å². The molecule has 4 nitrogen and oxygen atoms in total. The lowest BCUT2D eigenvalue weighted by molar-refractivity contribution is 0.298. The van der Waals surface area contributed by atoms with E-state index in [0.717, 1.165) is 18.4 Å². The predicted molar refractivity (Wildman–Crippen MR) is 79.7 cm³/mol. The van der Waals surface area contributed by atoms with Gasteiger partial charge in [-0.15, -0.1) is 0 Å². The molecule has 0 radical (unpaired) electrons.